The molecule has 2 aromatic carbocycles. The number of imide groups is 1. The van der Waals surface area contributed by atoms with Crippen LogP contribution in [-0.2, 0) is 14.8 Å². The second kappa shape index (κ2) is 7.78. The lowest BCUT2D eigenvalue weighted by atomic mass is 10.1. The van der Waals surface area contributed by atoms with Gasteiger partial charge in [0.15, 0.2) is 0 Å². The average molecular weight is 426 g/mol. The van der Waals surface area contributed by atoms with Gasteiger partial charge in [0.25, 0.3) is 5.91 Å². The molecule has 0 radical (unpaired) electrons. The van der Waals surface area contributed by atoms with Gasteiger partial charge >= 0.3 is 6.03 Å². The number of benzene rings is 2. The molecule has 2 heterocycles. The van der Waals surface area contributed by atoms with Gasteiger partial charge < -0.3 is 10.1 Å². The third kappa shape index (κ3) is 3.72. The summed E-state index contributed by atoms with van der Waals surface area (Å²) in [7, 11) is -3.85. The molecule has 2 N–H and O–H groups in total. The van der Waals surface area contributed by atoms with Crippen molar-refractivity contribution in [2.24, 2.45) is 0 Å². The Bertz CT molecular complexity index is 1120. The number of nitrogens with one attached hydrogen (secondary N) is 2. The van der Waals surface area contributed by atoms with Crippen LogP contribution in [-0.4, -0.2) is 43.3 Å². The lowest BCUT2D eigenvalue weighted by Gasteiger charge is -2.27. The average Bonchev–Trinajstić information content (AvgIpc) is 3.35. The summed E-state index contributed by atoms with van der Waals surface area (Å²) in [5.74, 6) is 0.449. The molecule has 0 aromatic heterocycles. The molecule has 0 unspecified atom stereocenters. The molecule has 0 saturated carbocycles. The molecule has 154 valence electrons. The van der Waals surface area contributed by atoms with E-state index in [1.54, 1.807) is 36.4 Å². The first-order valence-electron chi connectivity index (χ1n) is 9.30. The fourth-order valence-corrected chi connectivity index (χ4v) is 5.35. The highest BCUT2D eigenvalue weighted by Gasteiger charge is 2.45. The Labute approximate surface area is 173 Å². The standard InChI is InChI=1S/C20H18N4O5S/c21-12-13-3-5-14(6-4-13)29-15-7-9-16(10-8-15)30(27,28)24-11-1-2-17(24)18-19(25)23-20(26)22-18/h3-10,17-18H,1-2,11H2,(H2,22,23,25,26)/t17-,18-/m1/s1. The number of rotatable bonds is 5. The minimum Gasteiger partial charge on any atom is -0.457 e. The molecule has 3 amide bonds. The molecule has 4 rings (SSSR count). The lowest BCUT2D eigenvalue weighted by Crippen LogP contribution is -2.49. The molecule has 2 fully saturated rings. The minimum atomic E-state index is -3.85. The Kier molecular flexibility index (Phi) is 5.15. The van der Waals surface area contributed by atoms with Gasteiger partial charge in [-0.3, -0.25) is 10.1 Å². The van der Waals surface area contributed by atoms with Crippen LogP contribution in [0.25, 0.3) is 0 Å². The summed E-state index contributed by atoms with van der Waals surface area (Å²) in [5.41, 5.74) is 0.510. The number of sulfonamides is 1. The molecule has 2 atom stereocenters. The number of nitriles is 1. The van der Waals surface area contributed by atoms with E-state index < -0.39 is 34.0 Å². The second-order valence-corrected chi connectivity index (χ2v) is 8.87. The summed E-state index contributed by atoms with van der Waals surface area (Å²) >= 11 is 0. The minimum absolute atomic E-state index is 0.0753. The molecular formula is C20H18N4O5S. The van der Waals surface area contributed by atoms with Crippen molar-refractivity contribution >= 4 is 22.0 Å². The van der Waals surface area contributed by atoms with Crippen LogP contribution in [0.4, 0.5) is 4.79 Å². The number of urea groups is 1. The van der Waals surface area contributed by atoms with Crippen LogP contribution < -0.4 is 15.4 Å². The molecule has 0 spiro atoms. The topological polar surface area (TPSA) is 129 Å². The van der Waals surface area contributed by atoms with Crippen LogP contribution in [0.1, 0.15) is 18.4 Å². The van der Waals surface area contributed by atoms with Crippen molar-refractivity contribution in [3.63, 3.8) is 0 Å². The molecule has 9 nitrogen and oxygen atoms in total. The molecule has 30 heavy (non-hydrogen) atoms. The summed E-state index contributed by atoms with van der Waals surface area (Å²) < 4.78 is 33.2. The van der Waals surface area contributed by atoms with Gasteiger partial charge in [0.1, 0.15) is 17.5 Å². The van der Waals surface area contributed by atoms with Gasteiger partial charge in [0.2, 0.25) is 10.0 Å². The predicted molar refractivity (Wildman–Crippen MR) is 105 cm³/mol. The van der Waals surface area contributed by atoms with E-state index in [2.05, 4.69) is 10.6 Å². The quantitative estimate of drug-likeness (QED) is 0.701. The zero-order chi connectivity index (χ0) is 21.3. The highest BCUT2D eigenvalue weighted by Crippen LogP contribution is 2.30. The summed E-state index contributed by atoms with van der Waals surface area (Å²) in [6.45, 7) is 0.274. The van der Waals surface area contributed by atoms with Crippen molar-refractivity contribution in [1.82, 2.24) is 14.9 Å². The van der Waals surface area contributed by atoms with Crippen LogP contribution in [0.3, 0.4) is 0 Å². The molecule has 2 aliphatic rings. The van der Waals surface area contributed by atoms with Crippen molar-refractivity contribution in [2.45, 2.75) is 29.8 Å². The smallest absolute Gasteiger partial charge is 0.322 e. The number of carbonyl (C=O) groups is 2. The zero-order valence-corrected chi connectivity index (χ0v) is 16.6. The zero-order valence-electron chi connectivity index (χ0n) is 15.7. The van der Waals surface area contributed by atoms with Crippen LogP contribution in [0.15, 0.2) is 53.4 Å². The van der Waals surface area contributed by atoms with E-state index in [9.17, 15) is 18.0 Å². The Morgan fingerprint density at radius 2 is 1.67 bits per heavy atom. The van der Waals surface area contributed by atoms with Gasteiger partial charge in [-0.05, 0) is 61.4 Å². The molecular weight excluding hydrogens is 408 g/mol. The van der Waals surface area contributed by atoms with Gasteiger partial charge in [0.05, 0.1) is 22.6 Å². The largest absolute Gasteiger partial charge is 0.457 e. The Hall–Kier alpha value is -3.42. The van der Waals surface area contributed by atoms with Crippen LogP contribution >= 0.6 is 0 Å². The Balaban J connectivity index is 1.51. The molecule has 0 aliphatic carbocycles. The maximum Gasteiger partial charge on any atom is 0.322 e. The highest BCUT2D eigenvalue weighted by molar-refractivity contribution is 7.89. The van der Waals surface area contributed by atoms with Gasteiger partial charge in [-0.25, -0.2) is 13.2 Å². The fourth-order valence-electron chi connectivity index (χ4n) is 3.65. The molecule has 10 heteroatoms. The summed E-state index contributed by atoms with van der Waals surface area (Å²) in [6, 6.07) is 12.4. The van der Waals surface area contributed by atoms with Gasteiger partial charge in [-0.1, -0.05) is 0 Å². The molecule has 2 aromatic rings. The number of amides is 3. The fraction of sp³-hybridized carbons (Fsp3) is 0.250. The summed E-state index contributed by atoms with van der Waals surface area (Å²) in [5, 5.41) is 13.5. The van der Waals surface area contributed by atoms with Crippen molar-refractivity contribution in [2.75, 3.05) is 6.54 Å². The van der Waals surface area contributed by atoms with Crippen molar-refractivity contribution in [3.05, 3.63) is 54.1 Å². The number of ether oxygens (including phenoxy) is 1. The van der Waals surface area contributed by atoms with E-state index in [1.807, 2.05) is 6.07 Å². The maximum absolute atomic E-state index is 13.1. The first-order chi connectivity index (χ1) is 14.4. The first-order valence-corrected chi connectivity index (χ1v) is 10.7. The highest BCUT2D eigenvalue weighted by atomic mass is 32.2. The SMILES string of the molecule is N#Cc1ccc(Oc2ccc(S(=O)(=O)N3CCC[C@@H]3[C@H]3NC(=O)NC3=O)cc2)cc1. The predicted octanol–water partition coefficient (Wildman–Crippen LogP) is 1.71. The van der Waals surface area contributed by atoms with Gasteiger partial charge in [-0.15, -0.1) is 0 Å². The van der Waals surface area contributed by atoms with E-state index in [1.165, 1.54) is 16.4 Å². The normalized spacial score (nSPS) is 21.7. The van der Waals surface area contributed by atoms with E-state index in [4.69, 9.17) is 10.00 Å². The molecule has 0 bridgehead atoms. The lowest BCUT2D eigenvalue weighted by molar-refractivity contribution is -0.121. The number of hydrogen-bond donors (Lipinski definition) is 2. The van der Waals surface area contributed by atoms with E-state index in [0.29, 0.717) is 29.9 Å². The number of carbonyl (C=O) groups excluding carboxylic acids is 2. The Morgan fingerprint density at radius 3 is 2.23 bits per heavy atom. The van der Waals surface area contributed by atoms with E-state index in [0.717, 1.165) is 0 Å². The second-order valence-electron chi connectivity index (χ2n) is 6.98. The third-order valence-electron chi connectivity index (χ3n) is 5.09. The van der Waals surface area contributed by atoms with E-state index in [-0.39, 0.29) is 11.4 Å². The van der Waals surface area contributed by atoms with E-state index >= 15 is 0 Å². The summed E-state index contributed by atoms with van der Waals surface area (Å²) in [6.07, 6.45) is 1.08. The van der Waals surface area contributed by atoms with Gasteiger partial charge in [-0.2, -0.15) is 9.57 Å². The van der Waals surface area contributed by atoms with Crippen molar-refractivity contribution in [1.29, 1.82) is 5.26 Å². The first kappa shape index (κ1) is 19.9. The number of nitrogens with zero attached hydrogens (tertiary/aromatic N) is 2. The van der Waals surface area contributed by atoms with Gasteiger partial charge in [0, 0.05) is 6.54 Å². The molecule has 2 aliphatic heterocycles. The third-order valence-corrected chi connectivity index (χ3v) is 7.03. The molecule has 2 saturated heterocycles. The van der Waals surface area contributed by atoms with Crippen LogP contribution in [0.5, 0.6) is 11.5 Å². The van der Waals surface area contributed by atoms with Crippen LogP contribution in [0.2, 0.25) is 0 Å². The summed E-state index contributed by atoms with van der Waals surface area (Å²) in [4.78, 5) is 23.5. The number of hydrogen-bond acceptors (Lipinski definition) is 6. The van der Waals surface area contributed by atoms with Crippen molar-refractivity contribution in [3.8, 4) is 17.6 Å². The maximum atomic E-state index is 13.1. The Morgan fingerprint density at radius 1 is 1.03 bits per heavy atom. The van der Waals surface area contributed by atoms with Crippen LogP contribution in [0, 0.1) is 11.3 Å². The monoisotopic (exact) mass is 426 g/mol. The van der Waals surface area contributed by atoms with Crippen molar-refractivity contribution < 1.29 is 22.7 Å².